The molecule has 0 aliphatic rings. The number of ether oxygens (including phenoxy) is 2. The van der Waals surface area contributed by atoms with Crippen LogP contribution in [0.25, 0.3) is 0 Å². The first-order valence-corrected chi connectivity index (χ1v) is 13.0. The molecule has 0 fully saturated rings. The number of rotatable bonds is 6. The summed E-state index contributed by atoms with van der Waals surface area (Å²) in [7, 11) is -0.684. The van der Waals surface area contributed by atoms with Gasteiger partial charge in [-0.3, -0.25) is 0 Å². The van der Waals surface area contributed by atoms with Gasteiger partial charge in [0.15, 0.2) is 0 Å². The van der Waals surface area contributed by atoms with Crippen molar-refractivity contribution in [3.8, 4) is 0 Å². The normalized spacial score (nSPS) is 12.7. The predicted molar refractivity (Wildman–Crippen MR) is 139 cm³/mol. The van der Waals surface area contributed by atoms with Crippen LogP contribution in [0.4, 0.5) is 0 Å². The molecule has 0 heterocycles. The van der Waals surface area contributed by atoms with Gasteiger partial charge in [0.25, 0.3) is 0 Å². The summed E-state index contributed by atoms with van der Waals surface area (Å²) >= 11 is 0. The molecule has 5 nitrogen and oxygen atoms in total. The van der Waals surface area contributed by atoms with Crippen molar-refractivity contribution in [3.05, 3.63) is 90.0 Å². The molecular weight excluding hydrogens is 460 g/mol. The van der Waals surface area contributed by atoms with E-state index in [1.807, 2.05) is 81.4 Å². The maximum absolute atomic E-state index is 13.5. The molecule has 0 unspecified atom stereocenters. The lowest BCUT2D eigenvalue weighted by atomic mass is 10.1. The summed E-state index contributed by atoms with van der Waals surface area (Å²) in [6.45, 7) is 10.9. The molecule has 0 radical (unpaired) electrons. The molecule has 0 aromatic heterocycles. The van der Waals surface area contributed by atoms with Crippen LogP contribution in [0.2, 0.25) is 0 Å². The van der Waals surface area contributed by atoms with Crippen molar-refractivity contribution in [1.82, 2.24) is 0 Å². The number of benzene rings is 3. The molecule has 3 rings (SSSR count). The van der Waals surface area contributed by atoms with E-state index in [2.05, 4.69) is 0 Å². The molecule has 0 bridgehead atoms. The molecule has 6 heteroatoms. The Morgan fingerprint density at radius 1 is 0.657 bits per heavy atom. The van der Waals surface area contributed by atoms with Gasteiger partial charge >= 0.3 is 11.9 Å². The van der Waals surface area contributed by atoms with Gasteiger partial charge in [-0.25, -0.2) is 9.59 Å². The fourth-order valence-corrected chi connectivity index (χ4v) is 6.77. The standard InChI is InChI=1S/C29H34O5S/c1-28(2,3)33-26(30)21-18-19-25(24(20-21)27(31)34-29(4,5)6)35(32-7,22-14-10-8-11-15-22)23-16-12-9-13-17-23/h8-20H,1-7H3. The molecule has 0 aliphatic heterocycles. The lowest BCUT2D eigenvalue weighted by molar-refractivity contribution is 0.00648. The molecule has 3 aromatic carbocycles. The maximum Gasteiger partial charge on any atom is 0.339 e. The highest BCUT2D eigenvalue weighted by Crippen LogP contribution is 2.69. The first-order chi connectivity index (χ1) is 16.4. The van der Waals surface area contributed by atoms with E-state index in [1.165, 1.54) is 0 Å². The van der Waals surface area contributed by atoms with E-state index in [-0.39, 0.29) is 11.1 Å². The Labute approximate surface area is 209 Å². The van der Waals surface area contributed by atoms with Gasteiger partial charge in [0, 0.05) is 21.8 Å². The number of carbonyl (C=O) groups is 2. The smallest absolute Gasteiger partial charge is 0.339 e. The number of esters is 2. The Morgan fingerprint density at radius 2 is 1.11 bits per heavy atom. The second-order valence-corrected chi connectivity index (χ2v) is 12.9. The van der Waals surface area contributed by atoms with Gasteiger partial charge in [0.2, 0.25) is 0 Å². The van der Waals surface area contributed by atoms with E-state index in [1.54, 1.807) is 46.1 Å². The van der Waals surface area contributed by atoms with Gasteiger partial charge in [-0.05, 0) is 84.0 Å². The molecule has 0 saturated heterocycles. The fourth-order valence-electron chi connectivity index (χ4n) is 3.63. The lowest BCUT2D eigenvalue weighted by Crippen LogP contribution is -2.26. The van der Waals surface area contributed by atoms with Gasteiger partial charge in [-0.15, -0.1) is 0 Å². The molecule has 0 amide bonds. The van der Waals surface area contributed by atoms with Crippen LogP contribution in [-0.4, -0.2) is 30.3 Å². The lowest BCUT2D eigenvalue weighted by Gasteiger charge is -2.40. The zero-order valence-electron chi connectivity index (χ0n) is 21.5. The predicted octanol–water partition coefficient (Wildman–Crippen LogP) is 7.44. The summed E-state index contributed by atoms with van der Waals surface area (Å²) in [5.41, 5.74) is -0.846. The minimum absolute atomic E-state index is 0.271. The van der Waals surface area contributed by atoms with Gasteiger partial charge in [0.05, 0.1) is 11.1 Å². The van der Waals surface area contributed by atoms with E-state index in [0.717, 1.165) is 9.79 Å². The zero-order valence-corrected chi connectivity index (χ0v) is 22.3. The summed E-state index contributed by atoms with van der Waals surface area (Å²) in [6.07, 6.45) is 0. The quantitative estimate of drug-likeness (QED) is 0.333. The molecule has 35 heavy (non-hydrogen) atoms. The molecule has 0 saturated carbocycles. The van der Waals surface area contributed by atoms with Crippen molar-refractivity contribution in [2.75, 3.05) is 7.11 Å². The minimum Gasteiger partial charge on any atom is -0.456 e. The van der Waals surface area contributed by atoms with Crippen molar-refractivity contribution in [3.63, 3.8) is 0 Å². The van der Waals surface area contributed by atoms with Gasteiger partial charge < -0.3 is 13.7 Å². The number of hydrogen-bond donors (Lipinski definition) is 0. The Balaban J connectivity index is 2.32. The summed E-state index contributed by atoms with van der Waals surface area (Å²) in [6, 6.07) is 24.7. The average molecular weight is 495 g/mol. The van der Waals surface area contributed by atoms with Crippen molar-refractivity contribution in [2.24, 2.45) is 0 Å². The van der Waals surface area contributed by atoms with Crippen molar-refractivity contribution in [1.29, 1.82) is 0 Å². The molecular formula is C29H34O5S. The average Bonchev–Trinajstić information content (AvgIpc) is 2.79. The van der Waals surface area contributed by atoms with Crippen molar-refractivity contribution >= 4 is 22.2 Å². The fraction of sp³-hybridized carbons (Fsp3) is 0.310. The van der Waals surface area contributed by atoms with Crippen LogP contribution in [0.1, 0.15) is 62.3 Å². The highest BCUT2D eigenvalue weighted by molar-refractivity contribution is 8.30. The van der Waals surface area contributed by atoms with E-state index in [4.69, 9.17) is 13.7 Å². The maximum atomic E-state index is 13.5. The molecule has 0 atom stereocenters. The highest BCUT2D eigenvalue weighted by Gasteiger charge is 2.36. The van der Waals surface area contributed by atoms with E-state index < -0.39 is 33.4 Å². The third kappa shape index (κ3) is 6.13. The van der Waals surface area contributed by atoms with Crippen LogP contribution in [0.3, 0.4) is 0 Å². The molecule has 0 spiro atoms. The second kappa shape index (κ2) is 10.3. The van der Waals surface area contributed by atoms with Gasteiger partial charge in [0.1, 0.15) is 11.2 Å². The van der Waals surface area contributed by atoms with E-state index in [9.17, 15) is 9.59 Å². The number of hydrogen-bond acceptors (Lipinski definition) is 5. The zero-order chi connectivity index (χ0) is 25.9. The Morgan fingerprint density at radius 3 is 1.54 bits per heavy atom. The Hall–Kier alpha value is -3.09. The third-order valence-corrected chi connectivity index (χ3v) is 8.29. The molecule has 0 N–H and O–H groups in total. The molecule has 186 valence electrons. The highest BCUT2D eigenvalue weighted by atomic mass is 32.3. The van der Waals surface area contributed by atoms with Gasteiger partial charge in [-0.2, -0.15) is 0 Å². The van der Waals surface area contributed by atoms with Crippen molar-refractivity contribution < 1.29 is 23.2 Å². The van der Waals surface area contributed by atoms with Crippen LogP contribution in [0.5, 0.6) is 0 Å². The van der Waals surface area contributed by atoms with Crippen molar-refractivity contribution in [2.45, 2.75) is 67.4 Å². The third-order valence-electron chi connectivity index (χ3n) is 4.94. The summed E-state index contributed by atoms with van der Waals surface area (Å²) in [5.74, 6) is -1.04. The largest absolute Gasteiger partial charge is 0.456 e. The van der Waals surface area contributed by atoms with Crippen LogP contribution in [0.15, 0.2) is 93.5 Å². The molecule has 3 aromatic rings. The monoisotopic (exact) mass is 494 g/mol. The summed E-state index contributed by atoms with van der Waals surface area (Å²) in [4.78, 5) is 28.9. The van der Waals surface area contributed by atoms with Gasteiger partial charge in [-0.1, -0.05) is 46.7 Å². The summed E-state index contributed by atoms with van der Waals surface area (Å²) in [5, 5.41) is 0. The van der Waals surface area contributed by atoms with E-state index in [0.29, 0.717) is 4.90 Å². The summed E-state index contributed by atoms with van der Waals surface area (Å²) < 4.78 is 17.7. The second-order valence-electron chi connectivity index (χ2n) is 10.1. The van der Waals surface area contributed by atoms with Crippen LogP contribution >= 0.6 is 10.3 Å². The SMILES string of the molecule is COS(c1ccccc1)(c1ccccc1)c1ccc(C(=O)OC(C)(C)C)cc1C(=O)OC(C)(C)C. The minimum atomic E-state index is -2.33. The molecule has 0 aliphatic carbocycles. The topological polar surface area (TPSA) is 61.8 Å². The van der Waals surface area contributed by atoms with Crippen LogP contribution in [-0.2, 0) is 13.7 Å². The Bertz CT molecular complexity index is 1140. The Kier molecular flexibility index (Phi) is 7.77. The van der Waals surface area contributed by atoms with Crippen LogP contribution < -0.4 is 0 Å². The number of carbonyl (C=O) groups excluding carboxylic acids is 2. The first-order valence-electron chi connectivity index (χ1n) is 11.5. The first kappa shape index (κ1) is 26.5. The van der Waals surface area contributed by atoms with Crippen LogP contribution in [0, 0.1) is 0 Å². The van der Waals surface area contributed by atoms with E-state index >= 15 is 0 Å².